The Balaban J connectivity index is 1.91. The van der Waals surface area contributed by atoms with Crippen LogP contribution in [-0.2, 0) is 6.18 Å². The number of alkyl halides is 3. The van der Waals surface area contributed by atoms with Crippen molar-refractivity contribution in [1.29, 1.82) is 0 Å². The van der Waals surface area contributed by atoms with Crippen LogP contribution in [0.15, 0.2) is 34.8 Å². The molecular weight excluding hydrogens is 395 g/mol. The van der Waals surface area contributed by atoms with Crippen LogP contribution in [0.1, 0.15) is 27.2 Å². The molecule has 23 heavy (non-hydrogen) atoms. The lowest BCUT2D eigenvalue weighted by molar-refractivity contribution is -0.138. The van der Waals surface area contributed by atoms with Crippen molar-refractivity contribution in [1.82, 2.24) is 4.57 Å². The maximum atomic E-state index is 13.1. The number of halogens is 4. The van der Waals surface area contributed by atoms with Gasteiger partial charge in [0.15, 0.2) is 0 Å². The van der Waals surface area contributed by atoms with Gasteiger partial charge in [-0.05, 0) is 18.2 Å². The van der Waals surface area contributed by atoms with E-state index in [2.05, 4.69) is 15.9 Å². The van der Waals surface area contributed by atoms with E-state index in [-0.39, 0.29) is 32.4 Å². The first-order chi connectivity index (χ1) is 10.8. The highest BCUT2D eigenvalue weighted by Crippen LogP contribution is 2.63. The second-order valence-corrected chi connectivity index (χ2v) is 7.48. The number of benzene rings is 1. The van der Waals surface area contributed by atoms with E-state index < -0.39 is 11.7 Å². The molecule has 0 radical (unpaired) electrons. The molecule has 0 saturated heterocycles. The fourth-order valence-corrected chi connectivity index (χ4v) is 4.92. The molecule has 3 heterocycles. The van der Waals surface area contributed by atoms with Crippen LogP contribution in [0.2, 0.25) is 0 Å². The molecule has 2 N–H and O–H groups in total. The molecule has 2 unspecified atom stereocenters. The zero-order chi connectivity index (χ0) is 16.5. The van der Waals surface area contributed by atoms with Crippen LogP contribution >= 0.6 is 27.7 Å². The summed E-state index contributed by atoms with van der Waals surface area (Å²) in [7, 11) is 0. The van der Waals surface area contributed by atoms with Gasteiger partial charge in [-0.1, -0.05) is 28.1 Å². The summed E-state index contributed by atoms with van der Waals surface area (Å²) in [4.78, 5) is 0. The Bertz CT molecular complexity index is 824. The van der Waals surface area contributed by atoms with Gasteiger partial charge in [0, 0.05) is 15.6 Å². The molecule has 2 aromatic rings. The van der Waals surface area contributed by atoms with E-state index >= 15 is 0 Å². The lowest BCUT2D eigenvalue weighted by Crippen LogP contribution is -2.07. The summed E-state index contributed by atoms with van der Waals surface area (Å²) in [6.07, 6.45) is -0.694. The second-order valence-electron chi connectivity index (χ2n) is 5.33. The van der Waals surface area contributed by atoms with Gasteiger partial charge in [0.25, 0.3) is 0 Å². The fourth-order valence-electron chi connectivity index (χ4n) is 3.04. The molecule has 0 fully saturated rings. The first-order valence-electron chi connectivity index (χ1n) is 6.66. The molecule has 0 spiro atoms. The monoisotopic (exact) mass is 403 g/mol. The number of aromatic hydroxyl groups is 2. The molecule has 0 amide bonds. The van der Waals surface area contributed by atoms with Crippen LogP contribution in [0.25, 0.3) is 5.69 Å². The Morgan fingerprint density at radius 2 is 1.61 bits per heavy atom. The number of hydrogen-bond donors (Lipinski definition) is 2. The second kappa shape index (κ2) is 4.73. The number of aromatic nitrogens is 1. The zero-order valence-electron chi connectivity index (χ0n) is 11.3. The minimum Gasteiger partial charge on any atom is -0.494 e. The van der Waals surface area contributed by atoms with Crippen LogP contribution in [0, 0.1) is 0 Å². The molecule has 0 saturated carbocycles. The molecule has 1 aromatic carbocycles. The van der Waals surface area contributed by atoms with Gasteiger partial charge in [0.1, 0.15) is 0 Å². The number of fused-ring (bicyclic) bond motifs is 5. The van der Waals surface area contributed by atoms with E-state index in [9.17, 15) is 23.4 Å². The van der Waals surface area contributed by atoms with Gasteiger partial charge < -0.3 is 10.2 Å². The minimum absolute atomic E-state index is 0.0642. The number of nitrogens with zero attached hydrogens (tertiary/aromatic N) is 1. The summed E-state index contributed by atoms with van der Waals surface area (Å²) in [6, 6.07) is 3.57. The van der Waals surface area contributed by atoms with Crippen LogP contribution in [0.5, 0.6) is 11.8 Å². The summed E-state index contributed by atoms with van der Waals surface area (Å²) in [5.41, 5.74) is 0.361. The molecule has 2 atom stereocenters. The van der Waals surface area contributed by atoms with Crippen molar-refractivity contribution >= 4 is 27.7 Å². The molecule has 2 bridgehead atoms. The van der Waals surface area contributed by atoms with Gasteiger partial charge >= 0.3 is 6.18 Å². The maximum Gasteiger partial charge on any atom is 0.417 e. The molecule has 120 valence electrons. The van der Waals surface area contributed by atoms with E-state index in [4.69, 9.17) is 0 Å². The highest BCUT2D eigenvalue weighted by molar-refractivity contribution is 9.10. The fraction of sp³-hybridized carbons (Fsp3) is 0.200. The van der Waals surface area contributed by atoms with Gasteiger partial charge in [-0.25, -0.2) is 0 Å². The van der Waals surface area contributed by atoms with Crippen molar-refractivity contribution in [2.45, 2.75) is 16.7 Å². The van der Waals surface area contributed by atoms with Gasteiger partial charge in [0.05, 0.1) is 21.8 Å². The van der Waals surface area contributed by atoms with Gasteiger partial charge in [-0.2, -0.15) is 13.2 Å². The highest BCUT2D eigenvalue weighted by atomic mass is 79.9. The van der Waals surface area contributed by atoms with Crippen molar-refractivity contribution < 1.29 is 23.4 Å². The average Bonchev–Trinajstić information content (AvgIpc) is 3.13. The van der Waals surface area contributed by atoms with Crippen LogP contribution < -0.4 is 0 Å². The summed E-state index contributed by atoms with van der Waals surface area (Å²) in [5, 5.41) is 20.7. The van der Waals surface area contributed by atoms with Crippen LogP contribution in [-0.4, -0.2) is 14.8 Å². The topological polar surface area (TPSA) is 45.4 Å². The van der Waals surface area contributed by atoms with E-state index in [0.717, 1.165) is 10.6 Å². The molecule has 2 aliphatic heterocycles. The van der Waals surface area contributed by atoms with Gasteiger partial charge in [-0.3, -0.25) is 4.57 Å². The average molecular weight is 404 g/mol. The molecule has 3 nitrogen and oxygen atoms in total. The molecule has 2 aliphatic rings. The number of hydrogen-bond acceptors (Lipinski definition) is 3. The van der Waals surface area contributed by atoms with Crippen molar-refractivity contribution in [3.63, 3.8) is 0 Å². The molecule has 1 aromatic heterocycles. The Hall–Kier alpha value is -1.54. The Morgan fingerprint density at radius 3 is 2.13 bits per heavy atom. The predicted octanol–water partition coefficient (Wildman–Crippen LogP) is 5.07. The summed E-state index contributed by atoms with van der Waals surface area (Å²) in [6.45, 7) is 0. The van der Waals surface area contributed by atoms with Crippen molar-refractivity contribution in [2.75, 3.05) is 0 Å². The number of thioether (sulfide) groups is 1. The summed E-state index contributed by atoms with van der Waals surface area (Å²) >= 11 is 4.46. The molecule has 4 rings (SSSR count). The standard InChI is InChI=1S/C15H9BrF3NO2S/c16-8-2-1-6(5-7(8)15(17,18)19)20-13(21)11-9-3-4-10(23-9)12(11)14(20)22/h1-5,9-10,21-22H. The molecule has 0 aliphatic carbocycles. The first kappa shape index (κ1) is 15.0. The van der Waals surface area contributed by atoms with Crippen molar-refractivity contribution in [3.05, 3.63) is 51.5 Å². The normalized spacial score (nSPS) is 21.9. The maximum absolute atomic E-state index is 13.1. The SMILES string of the molecule is Oc1c2c(c(O)n1-c1ccc(Br)c(C(F)(F)F)c1)C1C=CC2S1. The first-order valence-corrected chi connectivity index (χ1v) is 8.40. The van der Waals surface area contributed by atoms with Gasteiger partial charge in [0.2, 0.25) is 11.8 Å². The number of rotatable bonds is 1. The Labute approximate surface area is 141 Å². The summed E-state index contributed by atoms with van der Waals surface area (Å²) < 4.78 is 40.2. The van der Waals surface area contributed by atoms with E-state index in [0.29, 0.717) is 11.1 Å². The highest BCUT2D eigenvalue weighted by Gasteiger charge is 2.42. The Morgan fingerprint density at radius 1 is 1.04 bits per heavy atom. The van der Waals surface area contributed by atoms with Gasteiger partial charge in [-0.15, -0.1) is 11.8 Å². The van der Waals surface area contributed by atoms with E-state index in [1.165, 1.54) is 12.1 Å². The third-order valence-corrected chi connectivity index (χ3v) is 6.10. The van der Waals surface area contributed by atoms with Crippen molar-refractivity contribution in [3.8, 4) is 17.4 Å². The third-order valence-electron chi connectivity index (χ3n) is 4.03. The van der Waals surface area contributed by atoms with Crippen LogP contribution in [0.4, 0.5) is 13.2 Å². The third kappa shape index (κ3) is 2.04. The zero-order valence-corrected chi connectivity index (χ0v) is 13.7. The largest absolute Gasteiger partial charge is 0.494 e. The molecular formula is C15H9BrF3NO2S. The lowest BCUT2D eigenvalue weighted by Gasteiger charge is -2.14. The quantitative estimate of drug-likeness (QED) is 0.653. The predicted molar refractivity (Wildman–Crippen MR) is 84.0 cm³/mol. The minimum atomic E-state index is -4.54. The van der Waals surface area contributed by atoms with Crippen LogP contribution in [0.3, 0.4) is 0 Å². The smallest absolute Gasteiger partial charge is 0.417 e. The Kier molecular flexibility index (Phi) is 3.09. The van der Waals surface area contributed by atoms with E-state index in [1.54, 1.807) is 11.8 Å². The van der Waals surface area contributed by atoms with Crippen molar-refractivity contribution in [2.24, 2.45) is 0 Å². The van der Waals surface area contributed by atoms with E-state index in [1.807, 2.05) is 12.2 Å². The lowest BCUT2D eigenvalue weighted by atomic mass is 10.0. The molecule has 8 heteroatoms. The summed E-state index contributed by atoms with van der Waals surface area (Å²) in [5.74, 6) is -0.422.